The van der Waals surface area contributed by atoms with E-state index in [4.69, 9.17) is 15.0 Å². The van der Waals surface area contributed by atoms with Crippen LogP contribution in [0.5, 0.6) is 0 Å². The third-order valence-corrected chi connectivity index (χ3v) is 3.17. The number of nitrogens with one attached hydrogen (secondary N) is 3. The van der Waals surface area contributed by atoms with Crippen molar-refractivity contribution < 1.29 is 23.9 Å². The summed E-state index contributed by atoms with van der Waals surface area (Å²) in [7, 11) is 0. The highest BCUT2D eigenvalue weighted by atomic mass is 16.5. The number of rotatable bonds is 14. The Bertz CT molecular complexity index is 495. The first kappa shape index (κ1) is 23.6. The van der Waals surface area contributed by atoms with E-state index in [1.54, 1.807) is 13.8 Å². The highest BCUT2D eigenvalue weighted by Gasteiger charge is 2.21. The van der Waals surface area contributed by atoms with Gasteiger partial charge in [0, 0.05) is 24.9 Å². The molecule has 0 aromatic carbocycles. The van der Waals surface area contributed by atoms with E-state index in [2.05, 4.69) is 26.0 Å². The van der Waals surface area contributed by atoms with Gasteiger partial charge in [-0.2, -0.15) is 0 Å². The van der Waals surface area contributed by atoms with Crippen molar-refractivity contribution in [1.82, 2.24) is 16.0 Å². The molecule has 0 fully saturated rings. The van der Waals surface area contributed by atoms with Gasteiger partial charge in [0.15, 0.2) is 0 Å². The van der Waals surface area contributed by atoms with E-state index >= 15 is 0 Å². The second-order valence-corrected chi connectivity index (χ2v) is 5.36. The lowest BCUT2D eigenvalue weighted by molar-refractivity contribution is -0.131. The SMILES string of the molecule is CC[C@@H](NC(=O)[C@H](C)NC(C)=O)C(=O)NCCOCCOCCN=[N+]=[N-]. The van der Waals surface area contributed by atoms with Crippen molar-refractivity contribution in [2.75, 3.05) is 39.5 Å². The molecule has 0 aliphatic carbocycles. The number of nitrogens with zero attached hydrogens (tertiary/aromatic N) is 3. The van der Waals surface area contributed by atoms with Gasteiger partial charge in [0.1, 0.15) is 12.1 Å². The fourth-order valence-corrected chi connectivity index (χ4v) is 1.86. The van der Waals surface area contributed by atoms with Crippen LogP contribution in [0.1, 0.15) is 27.2 Å². The Morgan fingerprint density at radius 1 is 1.08 bits per heavy atom. The Kier molecular flexibility index (Phi) is 13.6. The van der Waals surface area contributed by atoms with Crippen molar-refractivity contribution >= 4 is 17.7 Å². The molecular formula is C15H28N6O5. The summed E-state index contributed by atoms with van der Waals surface area (Å²) in [5.41, 5.74) is 8.08. The lowest BCUT2D eigenvalue weighted by Crippen LogP contribution is -2.52. The Hall–Kier alpha value is -2.36. The number of azide groups is 1. The van der Waals surface area contributed by atoms with Crippen LogP contribution in [0.25, 0.3) is 10.4 Å². The molecule has 0 aliphatic heterocycles. The number of carbonyl (C=O) groups is 3. The largest absolute Gasteiger partial charge is 0.379 e. The molecule has 0 aliphatic rings. The van der Waals surface area contributed by atoms with E-state index in [0.29, 0.717) is 39.4 Å². The van der Waals surface area contributed by atoms with Gasteiger partial charge in [-0.05, 0) is 18.9 Å². The number of amides is 3. The van der Waals surface area contributed by atoms with Gasteiger partial charge in [0.2, 0.25) is 17.7 Å². The van der Waals surface area contributed by atoms with E-state index in [0.717, 1.165) is 0 Å². The quantitative estimate of drug-likeness (QED) is 0.168. The van der Waals surface area contributed by atoms with Crippen molar-refractivity contribution in [3.63, 3.8) is 0 Å². The molecule has 0 aromatic rings. The number of hydrogen-bond acceptors (Lipinski definition) is 6. The highest BCUT2D eigenvalue weighted by molar-refractivity contribution is 5.91. The lowest BCUT2D eigenvalue weighted by Gasteiger charge is -2.19. The van der Waals surface area contributed by atoms with Gasteiger partial charge in [0.05, 0.1) is 26.4 Å². The van der Waals surface area contributed by atoms with Gasteiger partial charge >= 0.3 is 0 Å². The molecule has 26 heavy (non-hydrogen) atoms. The average molecular weight is 372 g/mol. The Morgan fingerprint density at radius 2 is 1.73 bits per heavy atom. The van der Waals surface area contributed by atoms with Crippen molar-refractivity contribution in [3.05, 3.63) is 10.4 Å². The normalized spacial score (nSPS) is 12.4. The Labute approximate surface area is 152 Å². The predicted octanol–water partition coefficient (Wildman–Crippen LogP) is -0.134. The van der Waals surface area contributed by atoms with Gasteiger partial charge in [-0.1, -0.05) is 12.0 Å². The summed E-state index contributed by atoms with van der Waals surface area (Å²) in [6, 6.07) is -1.39. The van der Waals surface area contributed by atoms with Crippen LogP contribution in [0.3, 0.4) is 0 Å². The molecule has 0 rings (SSSR count). The number of hydrogen-bond donors (Lipinski definition) is 3. The standard InChI is InChI=1S/C15H28N6O5/c1-4-13(20-14(23)11(2)19-12(3)22)15(24)17-5-7-25-9-10-26-8-6-18-21-16/h11,13H,4-10H2,1-3H3,(H,17,24)(H,19,22)(H,20,23)/t11-,13+/m0/s1. The first-order valence-corrected chi connectivity index (χ1v) is 8.43. The summed E-state index contributed by atoms with van der Waals surface area (Å²) in [6.45, 7) is 6.57. The van der Waals surface area contributed by atoms with Gasteiger partial charge in [-0.25, -0.2) is 0 Å². The summed E-state index contributed by atoms with van der Waals surface area (Å²) in [6.07, 6.45) is 0.421. The molecule has 0 bridgehead atoms. The van der Waals surface area contributed by atoms with Gasteiger partial charge in [-0.15, -0.1) is 0 Å². The minimum Gasteiger partial charge on any atom is -0.379 e. The fourth-order valence-electron chi connectivity index (χ4n) is 1.86. The van der Waals surface area contributed by atoms with E-state index in [1.165, 1.54) is 6.92 Å². The van der Waals surface area contributed by atoms with Crippen molar-refractivity contribution in [3.8, 4) is 0 Å². The maximum absolute atomic E-state index is 12.1. The van der Waals surface area contributed by atoms with Crippen LogP contribution in [-0.2, 0) is 23.9 Å². The molecule has 0 saturated carbocycles. The van der Waals surface area contributed by atoms with Gasteiger partial charge in [0.25, 0.3) is 0 Å². The first-order valence-electron chi connectivity index (χ1n) is 8.43. The maximum Gasteiger partial charge on any atom is 0.242 e. The molecule has 0 aromatic heterocycles. The molecule has 3 N–H and O–H groups in total. The highest BCUT2D eigenvalue weighted by Crippen LogP contribution is 1.94. The molecule has 0 unspecified atom stereocenters. The zero-order valence-corrected chi connectivity index (χ0v) is 15.5. The van der Waals surface area contributed by atoms with Crippen LogP contribution in [0.2, 0.25) is 0 Å². The van der Waals surface area contributed by atoms with Crippen LogP contribution < -0.4 is 16.0 Å². The predicted molar refractivity (Wildman–Crippen MR) is 94.2 cm³/mol. The molecule has 0 saturated heterocycles. The number of carbonyl (C=O) groups excluding carboxylic acids is 3. The smallest absolute Gasteiger partial charge is 0.242 e. The van der Waals surface area contributed by atoms with Crippen LogP contribution >= 0.6 is 0 Å². The molecular weight excluding hydrogens is 344 g/mol. The van der Waals surface area contributed by atoms with Crippen LogP contribution in [-0.4, -0.2) is 69.3 Å². The van der Waals surface area contributed by atoms with Crippen LogP contribution in [0, 0.1) is 0 Å². The third kappa shape index (κ3) is 12.1. The van der Waals surface area contributed by atoms with Gasteiger partial charge in [-0.3, -0.25) is 14.4 Å². The monoisotopic (exact) mass is 372 g/mol. The second kappa shape index (κ2) is 14.9. The Balaban J connectivity index is 3.89. The molecule has 11 nitrogen and oxygen atoms in total. The minimum atomic E-state index is -0.712. The van der Waals surface area contributed by atoms with E-state index in [9.17, 15) is 14.4 Å². The molecule has 0 radical (unpaired) electrons. The zero-order valence-electron chi connectivity index (χ0n) is 15.5. The second-order valence-electron chi connectivity index (χ2n) is 5.36. The molecule has 2 atom stereocenters. The van der Waals surface area contributed by atoms with E-state index < -0.39 is 18.0 Å². The van der Waals surface area contributed by atoms with E-state index in [-0.39, 0.29) is 18.4 Å². The van der Waals surface area contributed by atoms with Crippen molar-refractivity contribution in [1.29, 1.82) is 0 Å². The first-order chi connectivity index (χ1) is 12.4. The summed E-state index contributed by atoms with van der Waals surface area (Å²) < 4.78 is 10.4. The maximum atomic E-state index is 12.1. The zero-order chi connectivity index (χ0) is 19.8. The summed E-state index contributed by atoms with van der Waals surface area (Å²) in [5.74, 6) is -1.05. The number of ether oxygens (including phenoxy) is 2. The van der Waals surface area contributed by atoms with Crippen molar-refractivity contribution in [2.24, 2.45) is 5.11 Å². The van der Waals surface area contributed by atoms with Crippen LogP contribution in [0.4, 0.5) is 0 Å². The molecule has 148 valence electrons. The molecule has 0 spiro atoms. The average Bonchev–Trinajstić information content (AvgIpc) is 2.60. The molecule has 0 heterocycles. The topological polar surface area (TPSA) is 155 Å². The van der Waals surface area contributed by atoms with Crippen molar-refractivity contribution in [2.45, 2.75) is 39.3 Å². The summed E-state index contributed by atoms with van der Waals surface area (Å²) in [4.78, 5) is 37.5. The fraction of sp³-hybridized carbons (Fsp3) is 0.800. The summed E-state index contributed by atoms with van der Waals surface area (Å²) >= 11 is 0. The molecule has 3 amide bonds. The molecule has 11 heteroatoms. The summed E-state index contributed by atoms with van der Waals surface area (Å²) in [5, 5.41) is 11.1. The van der Waals surface area contributed by atoms with Crippen LogP contribution in [0.15, 0.2) is 5.11 Å². The van der Waals surface area contributed by atoms with E-state index in [1.807, 2.05) is 0 Å². The minimum absolute atomic E-state index is 0.275. The lowest BCUT2D eigenvalue weighted by atomic mass is 10.2. The third-order valence-electron chi connectivity index (χ3n) is 3.17. The Morgan fingerprint density at radius 3 is 2.31 bits per heavy atom. The van der Waals surface area contributed by atoms with Gasteiger partial charge < -0.3 is 25.4 Å².